The number of hydrogen-bond donors (Lipinski definition) is 1. The summed E-state index contributed by atoms with van der Waals surface area (Å²) < 4.78 is 5.30. The molecule has 34 heavy (non-hydrogen) atoms. The van der Waals surface area contributed by atoms with Gasteiger partial charge in [-0.15, -0.1) is 0 Å². The van der Waals surface area contributed by atoms with Crippen LogP contribution in [0.25, 0.3) is 11.1 Å². The van der Waals surface area contributed by atoms with E-state index in [0.29, 0.717) is 12.3 Å². The Bertz CT molecular complexity index is 1170. The number of carbonyl (C=O) groups excluding carboxylic acids is 1. The van der Waals surface area contributed by atoms with Crippen LogP contribution in [0.4, 0.5) is 5.69 Å². The zero-order valence-electron chi connectivity index (χ0n) is 20.5. The van der Waals surface area contributed by atoms with E-state index in [9.17, 15) is 9.90 Å². The molecule has 0 spiro atoms. The van der Waals surface area contributed by atoms with Crippen molar-refractivity contribution in [3.8, 4) is 11.1 Å². The predicted molar refractivity (Wildman–Crippen MR) is 135 cm³/mol. The number of Topliss-reactive ketones (excluding diaryl/α,β-unsaturated/α-hetero) is 1. The Morgan fingerprint density at radius 3 is 2.71 bits per heavy atom. The minimum atomic E-state index is -1.06. The van der Waals surface area contributed by atoms with Crippen molar-refractivity contribution in [2.75, 3.05) is 20.2 Å². The summed E-state index contributed by atoms with van der Waals surface area (Å²) in [5.41, 5.74) is 5.76. The van der Waals surface area contributed by atoms with Crippen molar-refractivity contribution in [2.24, 2.45) is 16.8 Å². The molecular weight excluding hydrogens is 424 g/mol. The maximum Gasteiger partial charge on any atom is 0.159 e. The van der Waals surface area contributed by atoms with E-state index in [1.807, 2.05) is 18.2 Å². The van der Waals surface area contributed by atoms with Crippen LogP contribution in [0.15, 0.2) is 59.3 Å². The third-order valence-corrected chi connectivity index (χ3v) is 8.21. The number of ketones is 1. The number of aliphatic hydroxyl groups is 1. The van der Waals surface area contributed by atoms with Crippen LogP contribution >= 0.6 is 0 Å². The lowest BCUT2D eigenvalue weighted by Crippen LogP contribution is -2.60. The molecule has 0 unspecified atom stereocenters. The van der Waals surface area contributed by atoms with Crippen LogP contribution in [0.3, 0.4) is 0 Å². The monoisotopic (exact) mass is 458 g/mol. The van der Waals surface area contributed by atoms with Crippen molar-refractivity contribution in [1.29, 1.82) is 0 Å². The minimum Gasteiger partial charge on any atom is -0.504 e. The molecule has 1 N–H and O–H groups in total. The van der Waals surface area contributed by atoms with Gasteiger partial charge in [-0.05, 0) is 61.3 Å². The first kappa shape index (κ1) is 23.0. The Labute approximate surface area is 202 Å². The van der Waals surface area contributed by atoms with Crippen LogP contribution < -0.4 is 0 Å². The van der Waals surface area contributed by atoms with Gasteiger partial charge in [0.2, 0.25) is 0 Å². The summed E-state index contributed by atoms with van der Waals surface area (Å²) in [6, 6.07) is 14.5. The molecule has 0 saturated carbocycles. The van der Waals surface area contributed by atoms with Crippen LogP contribution in [0, 0.1) is 18.8 Å². The molecule has 2 saturated heterocycles. The molecule has 2 aromatic carbocycles. The Hall–Kier alpha value is -2.76. The maximum absolute atomic E-state index is 12.5. The number of hydrogen-bond acceptors (Lipinski definition) is 5. The Morgan fingerprint density at radius 1 is 1.26 bits per heavy atom. The molecule has 0 aromatic heterocycles. The van der Waals surface area contributed by atoms with E-state index in [1.165, 1.54) is 0 Å². The second-order valence-electron chi connectivity index (χ2n) is 9.99. The molecule has 0 amide bonds. The van der Waals surface area contributed by atoms with E-state index in [4.69, 9.17) is 9.73 Å². The molecule has 5 heteroatoms. The summed E-state index contributed by atoms with van der Waals surface area (Å²) in [5.74, 6) is 0.534. The van der Waals surface area contributed by atoms with Crippen molar-refractivity contribution in [3.63, 3.8) is 0 Å². The third-order valence-electron chi connectivity index (χ3n) is 8.21. The molecule has 178 valence electrons. The van der Waals surface area contributed by atoms with E-state index in [-0.39, 0.29) is 17.7 Å². The number of rotatable bonds is 5. The fraction of sp³-hybridized carbons (Fsp3) is 0.448. The Morgan fingerprint density at radius 2 is 2.03 bits per heavy atom. The molecule has 0 radical (unpaired) electrons. The van der Waals surface area contributed by atoms with Gasteiger partial charge in [0, 0.05) is 24.2 Å². The lowest BCUT2D eigenvalue weighted by Gasteiger charge is -2.50. The van der Waals surface area contributed by atoms with Crippen LogP contribution in [-0.2, 0) is 15.1 Å². The van der Waals surface area contributed by atoms with Crippen LogP contribution in [0.2, 0.25) is 0 Å². The van der Waals surface area contributed by atoms with Crippen molar-refractivity contribution in [2.45, 2.75) is 51.7 Å². The fourth-order valence-electron chi connectivity index (χ4n) is 6.52. The summed E-state index contributed by atoms with van der Waals surface area (Å²) in [4.78, 5) is 20.0. The van der Waals surface area contributed by atoms with Gasteiger partial charge in [-0.1, -0.05) is 49.7 Å². The van der Waals surface area contributed by atoms with Gasteiger partial charge in [0.25, 0.3) is 0 Å². The highest BCUT2D eigenvalue weighted by Crippen LogP contribution is 2.51. The van der Waals surface area contributed by atoms with Crippen molar-refractivity contribution in [1.82, 2.24) is 4.90 Å². The van der Waals surface area contributed by atoms with Gasteiger partial charge in [-0.2, -0.15) is 0 Å². The molecule has 5 rings (SSSR count). The van der Waals surface area contributed by atoms with Gasteiger partial charge in [-0.3, -0.25) is 14.7 Å². The van der Waals surface area contributed by atoms with E-state index in [2.05, 4.69) is 43.0 Å². The zero-order valence-corrected chi connectivity index (χ0v) is 20.5. The van der Waals surface area contributed by atoms with Gasteiger partial charge in [-0.25, -0.2) is 0 Å². The summed E-state index contributed by atoms with van der Waals surface area (Å²) in [6.07, 6.45) is 4.04. The summed E-state index contributed by atoms with van der Waals surface area (Å²) in [6.45, 7) is 7.65. The van der Waals surface area contributed by atoms with Crippen LogP contribution in [0.1, 0.15) is 44.2 Å². The van der Waals surface area contributed by atoms with E-state index < -0.39 is 5.60 Å². The van der Waals surface area contributed by atoms with Gasteiger partial charge in [0.15, 0.2) is 5.78 Å². The molecule has 5 nitrogen and oxygen atoms in total. The standard InChI is InChI=1S/C29H34N2O3/c1-5-20-16-31-14-13-29(33)27-18(2)22(21-9-7-6-8-10-21)11-12-25(27)30-28(29)26(31)15-23(20)24(17-34-4)19(3)32/h6-12,17,20,23,26,33H,5,13-16H2,1-4H3/b24-17-/t20-,23+,26+,29+/m1/s1. The predicted octanol–water partition coefficient (Wildman–Crippen LogP) is 5.18. The largest absolute Gasteiger partial charge is 0.504 e. The zero-order chi connectivity index (χ0) is 24.0. The molecule has 0 aliphatic carbocycles. The Balaban J connectivity index is 1.54. The minimum absolute atomic E-state index is 0.0122. The molecular formula is C29H34N2O3. The normalized spacial score (nSPS) is 28.6. The lowest BCUT2D eigenvalue weighted by atomic mass is 9.69. The van der Waals surface area contributed by atoms with Gasteiger partial charge in [0.05, 0.1) is 30.8 Å². The smallest absolute Gasteiger partial charge is 0.159 e. The average Bonchev–Trinajstić information content (AvgIpc) is 3.16. The summed E-state index contributed by atoms with van der Waals surface area (Å²) >= 11 is 0. The van der Waals surface area contributed by atoms with Crippen LogP contribution in [0.5, 0.6) is 0 Å². The van der Waals surface area contributed by atoms with Gasteiger partial charge in [0.1, 0.15) is 5.60 Å². The van der Waals surface area contributed by atoms with Crippen molar-refractivity contribution in [3.05, 3.63) is 65.4 Å². The number of fused-ring (bicyclic) bond motifs is 5. The highest BCUT2D eigenvalue weighted by molar-refractivity contribution is 6.05. The van der Waals surface area contributed by atoms with E-state index in [0.717, 1.165) is 65.2 Å². The number of piperidine rings is 2. The first-order valence-corrected chi connectivity index (χ1v) is 12.4. The molecule has 3 aliphatic rings. The maximum atomic E-state index is 12.5. The number of aliphatic imine (C=N–C) groups is 1. The molecule has 0 bridgehead atoms. The number of ether oxygens (including phenoxy) is 1. The highest BCUT2D eigenvalue weighted by atomic mass is 16.5. The van der Waals surface area contributed by atoms with Gasteiger partial charge < -0.3 is 9.84 Å². The Kier molecular flexibility index (Phi) is 5.95. The van der Waals surface area contributed by atoms with E-state index in [1.54, 1.807) is 20.3 Å². The summed E-state index contributed by atoms with van der Waals surface area (Å²) in [5, 5.41) is 12.2. The molecule has 3 heterocycles. The van der Waals surface area contributed by atoms with Crippen molar-refractivity contribution >= 4 is 17.2 Å². The van der Waals surface area contributed by atoms with E-state index >= 15 is 0 Å². The van der Waals surface area contributed by atoms with Crippen LogP contribution in [-0.4, -0.2) is 47.7 Å². The number of benzene rings is 2. The first-order valence-electron chi connectivity index (χ1n) is 12.4. The summed E-state index contributed by atoms with van der Waals surface area (Å²) in [7, 11) is 1.60. The average molecular weight is 459 g/mol. The fourth-order valence-corrected chi connectivity index (χ4v) is 6.52. The van der Waals surface area contributed by atoms with Gasteiger partial charge >= 0.3 is 0 Å². The quantitative estimate of drug-likeness (QED) is 0.496. The molecule has 4 atom stereocenters. The molecule has 3 aliphatic heterocycles. The first-order chi connectivity index (χ1) is 16.4. The molecule has 2 aromatic rings. The number of allylic oxidation sites excluding steroid dienone is 1. The second-order valence-corrected chi connectivity index (χ2v) is 9.99. The molecule has 2 fully saturated rings. The number of carbonyl (C=O) groups is 1. The highest BCUT2D eigenvalue weighted by Gasteiger charge is 2.53. The topological polar surface area (TPSA) is 62.1 Å². The third kappa shape index (κ3) is 3.53. The second kappa shape index (κ2) is 8.79. The van der Waals surface area contributed by atoms with Crippen molar-refractivity contribution < 1.29 is 14.6 Å². The number of nitrogens with zero attached hydrogens (tertiary/aromatic N) is 2. The SMILES string of the molecule is CC[C@@H]1CN2CC[C@@]3(O)C(=Nc4ccc(-c5ccccc5)c(C)c43)[C@@H]2C[C@@H]1/C(=C\OC)C(C)=O. The lowest BCUT2D eigenvalue weighted by molar-refractivity contribution is -0.114. The number of methoxy groups -OCH3 is 1.